The molecule has 0 aliphatic carbocycles. The first-order chi connectivity index (χ1) is 11.3. The van der Waals surface area contributed by atoms with E-state index in [1.54, 1.807) is 0 Å². The third kappa shape index (κ3) is 7.37. The SMILES string of the molecule is CCNC(=NCC(=O)N(C)CC(F)(F)F)N1CCC(COCC)C1. The van der Waals surface area contributed by atoms with E-state index in [4.69, 9.17) is 4.74 Å². The van der Waals surface area contributed by atoms with Gasteiger partial charge in [0, 0.05) is 39.2 Å². The van der Waals surface area contributed by atoms with Crippen molar-refractivity contribution in [3.63, 3.8) is 0 Å². The van der Waals surface area contributed by atoms with Crippen molar-refractivity contribution in [2.45, 2.75) is 26.4 Å². The zero-order valence-corrected chi connectivity index (χ0v) is 14.5. The number of nitrogens with one attached hydrogen (secondary N) is 1. The fourth-order valence-corrected chi connectivity index (χ4v) is 2.49. The molecule has 24 heavy (non-hydrogen) atoms. The highest BCUT2D eigenvalue weighted by Crippen LogP contribution is 2.17. The lowest BCUT2D eigenvalue weighted by Crippen LogP contribution is -2.42. The molecule has 1 fully saturated rings. The van der Waals surface area contributed by atoms with Crippen molar-refractivity contribution >= 4 is 11.9 Å². The summed E-state index contributed by atoms with van der Waals surface area (Å²) in [6, 6.07) is 0. The summed E-state index contributed by atoms with van der Waals surface area (Å²) in [7, 11) is 1.13. The van der Waals surface area contributed by atoms with E-state index in [1.165, 1.54) is 0 Å². The number of guanidine groups is 1. The van der Waals surface area contributed by atoms with Crippen LogP contribution in [0.4, 0.5) is 13.2 Å². The molecular formula is C15H27F3N4O2. The number of ether oxygens (including phenoxy) is 1. The maximum absolute atomic E-state index is 12.3. The van der Waals surface area contributed by atoms with Crippen LogP contribution in [0.5, 0.6) is 0 Å². The second-order valence-corrected chi connectivity index (χ2v) is 5.80. The molecule has 1 rings (SSSR count). The van der Waals surface area contributed by atoms with Crippen LogP contribution in [0.2, 0.25) is 0 Å². The number of likely N-dealkylation sites (tertiary alicyclic amines) is 1. The number of nitrogens with zero attached hydrogens (tertiary/aromatic N) is 3. The average Bonchev–Trinajstić information content (AvgIpc) is 2.96. The van der Waals surface area contributed by atoms with Crippen LogP contribution in [0.15, 0.2) is 4.99 Å². The van der Waals surface area contributed by atoms with Crippen molar-refractivity contribution in [2.24, 2.45) is 10.9 Å². The highest BCUT2D eigenvalue weighted by atomic mass is 19.4. The Morgan fingerprint density at radius 1 is 1.42 bits per heavy atom. The van der Waals surface area contributed by atoms with E-state index in [0.717, 1.165) is 26.6 Å². The Morgan fingerprint density at radius 2 is 2.12 bits per heavy atom. The van der Waals surface area contributed by atoms with Crippen LogP contribution >= 0.6 is 0 Å². The first-order valence-corrected chi connectivity index (χ1v) is 8.18. The molecule has 1 N–H and O–H groups in total. The van der Waals surface area contributed by atoms with Crippen LogP contribution in [0.25, 0.3) is 0 Å². The first kappa shape index (κ1) is 20.5. The molecule has 1 aliphatic heterocycles. The first-order valence-electron chi connectivity index (χ1n) is 8.18. The van der Waals surface area contributed by atoms with Gasteiger partial charge in [0.1, 0.15) is 13.1 Å². The minimum Gasteiger partial charge on any atom is -0.381 e. The van der Waals surface area contributed by atoms with E-state index >= 15 is 0 Å². The summed E-state index contributed by atoms with van der Waals surface area (Å²) in [5, 5.41) is 3.09. The van der Waals surface area contributed by atoms with Gasteiger partial charge in [-0.1, -0.05) is 0 Å². The summed E-state index contributed by atoms with van der Waals surface area (Å²) in [6.45, 7) is 5.80. The number of amides is 1. The van der Waals surface area contributed by atoms with Gasteiger partial charge in [0.25, 0.3) is 0 Å². The molecule has 1 atom stereocenters. The predicted octanol–water partition coefficient (Wildman–Crippen LogP) is 1.33. The highest BCUT2D eigenvalue weighted by Gasteiger charge is 2.31. The van der Waals surface area contributed by atoms with Crippen molar-refractivity contribution in [3.05, 3.63) is 0 Å². The van der Waals surface area contributed by atoms with Crippen LogP contribution in [-0.4, -0.2) is 80.8 Å². The molecule has 9 heteroatoms. The van der Waals surface area contributed by atoms with E-state index in [1.807, 2.05) is 18.7 Å². The van der Waals surface area contributed by atoms with E-state index in [0.29, 0.717) is 36.5 Å². The zero-order chi connectivity index (χ0) is 18.2. The summed E-state index contributed by atoms with van der Waals surface area (Å²) in [4.78, 5) is 18.7. The Kier molecular flexibility index (Phi) is 8.30. The Balaban J connectivity index is 2.58. The van der Waals surface area contributed by atoms with E-state index in [9.17, 15) is 18.0 Å². The van der Waals surface area contributed by atoms with Gasteiger partial charge in [0.15, 0.2) is 5.96 Å². The summed E-state index contributed by atoms with van der Waals surface area (Å²) in [5.74, 6) is 0.301. The molecule has 1 amide bonds. The van der Waals surface area contributed by atoms with Gasteiger partial charge < -0.3 is 19.9 Å². The van der Waals surface area contributed by atoms with Gasteiger partial charge in [-0.05, 0) is 20.3 Å². The monoisotopic (exact) mass is 352 g/mol. The Hall–Kier alpha value is -1.51. The van der Waals surface area contributed by atoms with Crippen LogP contribution in [0.3, 0.4) is 0 Å². The quantitative estimate of drug-likeness (QED) is 0.555. The zero-order valence-electron chi connectivity index (χ0n) is 14.5. The smallest absolute Gasteiger partial charge is 0.381 e. The van der Waals surface area contributed by atoms with E-state index < -0.39 is 18.6 Å². The van der Waals surface area contributed by atoms with Crippen LogP contribution in [-0.2, 0) is 9.53 Å². The van der Waals surface area contributed by atoms with Crippen molar-refractivity contribution in [3.8, 4) is 0 Å². The number of carbonyl (C=O) groups is 1. The largest absolute Gasteiger partial charge is 0.406 e. The maximum Gasteiger partial charge on any atom is 0.406 e. The molecule has 0 aromatic rings. The van der Waals surface area contributed by atoms with E-state index in [-0.39, 0.29) is 6.54 Å². The number of hydrogen-bond acceptors (Lipinski definition) is 3. The maximum atomic E-state index is 12.3. The van der Waals surface area contributed by atoms with Gasteiger partial charge in [-0.15, -0.1) is 0 Å². The lowest BCUT2D eigenvalue weighted by atomic mass is 10.1. The summed E-state index contributed by atoms with van der Waals surface area (Å²) < 4.78 is 42.4. The van der Waals surface area contributed by atoms with Crippen LogP contribution in [0.1, 0.15) is 20.3 Å². The second kappa shape index (κ2) is 9.71. The standard InChI is InChI=1S/C15H27F3N4O2/c1-4-19-14(22-7-6-12(9-22)10-24-5-2)20-8-13(23)21(3)11-15(16,17)18/h12H,4-11H2,1-3H3,(H,19,20). The topological polar surface area (TPSA) is 57.2 Å². The number of likely N-dealkylation sites (N-methyl/N-ethyl adjacent to an activating group) is 1. The van der Waals surface area contributed by atoms with Crippen molar-refractivity contribution in [2.75, 3.05) is 53.0 Å². The van der Waals surface area contributed by atoms with Crippen molar-refractivity contribution in [1.82, 2.24) is 15.1 Å². The molecule has 0 bridgehead atoms. The van der Waals surface area contributed by atoms with Gasteiger partial charge in [0.05, 0.1) is 6.61 Å². The number of rotatable bonds is 7. The third-order valence-corrected chi connectivity index (χ3v) is 3.68. The normalized spacial score (nSPS) is 18.8. The molecule has 1 saturated heterocycles. The molecule has 1 unspecified atom stereocenters. The van der Waals surface area contributed by atoms with Crippen LogP contribution in [0, 0.1) is 5.92 Å². The molecular weight excluding hydrogens is 325 g/mol. The lowest BCUT2D eigenvalue weighted by Gasteiger charge is -2.22. The van der Waals surface area contributed by atoms with Gasteiger partial charge in [-0.3, -0.25) is 4.79 Å². The van der Waals surface area contributed by atoms with Gasteiger partial charge in [0.2, 0.25) is 5.91 Å². The molecule has 1 aliphatic rings. The summed E-state index contributed by atoms with van der Waals surface area (Å²) in [6.07, 6.45) is -3.44. The Morgan fingerprint density at radius 3 is 2.71 bits per heavy atom. The molecule has 6 nitrogen and oxygen atoms in total. The Labute approximate surface area is 141 Å². The number of halogens is 3. The number of aliphatic imine (C=N–C) groups is 1. The summed E-state index contributed by atoms with van der Waals surface area (Å²) >= 11 is 0. The average molecular weight is 352 g/mol. The number of carbonyl (C=O) groups excluding carboxylic acids is 1. The van der Waals surface area contributed by atoms with Gasteiger partial charge >= 0.3 is 6.18 Å². The molecule has 0 radical (unpaired) electrons. The third-order valence-electron chi connectivity index (χ3n) is 3.68. The number of hydrogen-bond donors (Lipinski definition) is 1. The fourth-order valence-electron chi connectivity index (χ4n) is 2.49. The van der Waals surface area contributed by atoms with Crippen molar-refractivity contribution in [1.29, 1.82) is 0 Å². The van der Waals surface area contributed by atoms with Crippen molar-refractivity contribution < 1.29 is 22.7 Å². The van der Waals surface area contributed by atoms with Crippen LogP contribution < -0.4 is 5.32 Å². The highest BCUT2D eigenvalue weighted by molar-refractivity contribution is 5.85. The molecule has 140 valence electrons. The molecule has 0 saturated carbocycles. The summed E-state index contributed by atoms with van der Waals surface area (Å²) in [5.41, 5.74) is 0. The molecule has 0 spiro atoms. The Bertz CT molecular complexity index is 429. The number of alkyl halides is 3. The van der Waals surface area contributed by atoms with E-state index in [2.05, 4.69) is 10.3 Å². The second-order valence-electron chi connectivity index (χ2n) is 5.80. The predicted molar refractivity (Wildman–Crippen MR) is 85.8 cm³/mol. The molecule has 0 aromatic carbocycles. The van der Waals surface area contributed by atoms with Gasteiger partial charge in [-0.25, -0.2) is 4.99 Å². The minimum atomic E-state index is -4.40. The minimum absolute atomic E-state index is 0.304. The fraction of sp³-hybridized carbons (Fsp3) is 0.867. The van der Waals surface area contributed by atoms with Gasteiger partial charge in [-0.2, -0.15) is 13.2 Å². The molecule has 1 heterocycles. The lowest BCUT2D eigenvalue weighted by molar-refractivity contribution is -0.157. The molecule has 0 aromatic heterocycles.